The molecule has 0 heterocycles. The molecule has 148 valence electrons. The van der Waals surface area contributed by atoms with Gasteiger partial charge in [0.15, 0.2) is 6.61 Å². The Kier molecular flexibility index (Phi) is 8.28. The van der Waals surface area contributed by atoms with Crippen LogP contribution in [0.1, 0.15) is 37.4 Å². The van der Waals surface area contributed by atoms with Gasteiger partial charge in [-0.3, -0.25) is 4.79 Å². The Hall–Kier alpha value is -3.08. The SMILES string of the molecule is COc1ccc(/C=C/C(=O)OCC(=O)N[C@@H](CC(C)C)c2ccccc2)cc1. The van der Waals surface area contributed by atoms with Crippen molar-refractivity contribution >= 4 is 18.0 Å². The van der Waals surface area contributed by atoms with Crippen molar-refractivity contribution in [2.45, 2.75) is 26.3 Å². The first kappa shape index (κ1) is 21.2. The van der Waals surface area contributed by atoms with Crippen LogP contribution < -0.4 is 10.1 Å². The fraction of sp³-hybridized carbons (Fsp3) is 0.304. The Morgan fingerprint density at radius 1 is 1.04 bits per heavy atom. The predicted octanol–water partition coefficient (Wildman–Crippen LogP) is 4.16. The molecule has 28 heavy (non-hydrogen) atoms. The van der Waals surface area contributed by atoms with Gasteiger partial charge >= 0.3 is 5.97 Å². The van der Waals surface area contributed by atoms with Crippen molar-refractivity contribution in [3.05, 3.63) is 71.8 Å². The first-order chi connectivity index (χ1) is 13.5. The summed E-state index contributed by atoms with van der Waals surface area (Å²) in [5.41, 5.74) is 1.87. The molecule has 0 spiro atoms. The van der Waals surface area contributed by atoms with Crippen molar-refractivity contribution in [2.24, 2.45) is 5.92 Å². The highest BCUT2D eigenvalue weighted by molar-refractivity contribution is 5.89. The van der Waals surface area contributed by atoms with Crippen LogP contribution in [-0.2, 0) is 14.3 Å². The van der Waals surface area contributed by atoms with E-state index in [1.54, 1.807) is 25.3 Å². The van der Waals surface area contributed by atoms with Crippen LogP contribution in [0.4, 0.5) is 0 Å². The van der Waals surface area contributed by atoms with E-state index in [1.807, 2.05) is 42.5 Å². The molecular weight excluding hydrogens is 354 g/mol. The van der Waals surface area contributed by atoms with Crippen LogP contribution in [0.2, 0.25) is 0 Å². The summed E-state index contributed by atoms with van der Waals surface area (Å²) in [6, 6.07) is 16.9. The average Bonchev–Trinajstić information content (AvgIpc) is 2.71. The number of ether oxygens (including phenoxy) is 2. The minimum absolute atomic E-state index is 0.109. The van der Waals surface area contributed by atoms with E-state index in [1.165, 1.54) is 6.08 Å². The number of amides is 1. The van der Waals surface area contributed by atoms with Gasteiger partial charge in [0.25, 0.3) is 5.91 Å². The van der Waals surface area contributed by atoms with Crippen molar-refractivity contribution < 1.29 is 19.1 Å². The Labute approximate surface area is 166 Å². The molecule has 0 unspecified atom stereocenters. The van der Waals surface area contributed by atoms with Gasteiger partial charge in [-0.15, -0.1) is 0 Å². The van der Waals surface area contributed by atoms with Gasteiger partial charge in [-0.25, -0.2) is 4.79 Å². The Morgan fingerprint density at radius 2 is 1.71 bits per heavy atom. The Balaban J connectivity index is 1.85. The van der Waals surface area contributed by atoms with Crippen LogP contribution in [0.5, 0.6) is 5.75 Å². The molecular formula is C23H27NO4. The lowest BCUT2D eigenvalue weighted by Gasteiger charge is -2.21. The maximum Gasteiger partial charge on any atom is 0.331 e. The highest BCUT2D eigenvalue weighted by Crippen LogP contribution is 2.21. The molecule has 2 aromatic rings. The lowest BCUT2D eigenvalue weighted by atomic mass is 9.97. The van der Waals surface area contributed by atoms with Crippen molar-refractivity contribution in [3.8, 4) is 5.75 Å². The van der Waals surface area contributed by atoms with Crippen LogP contribution in [0.15, 0.2) is 60.7 Å². The Morgan fingerprint density at radius 3 is 2.32 bits per heavy atom. The van der Waals surface area contributed by atoms with Gasteiger partial charge in [-0.05, 0) is 41.7 Å². The van der Waals surface area contributed by atoms with Crippen molar-refractivity contribution in [1.82, 2.24) is 5.32 Å². The molecule has 2 aromatic carbocycles. The van der Waals surface area contributed by atoms with E-state index in [4.69, 9.17) is 9.47 Å². The molecule has 0 aromatic heterocycles. The second kappa shape index (κ2) is 10.9. The Bertz CT molecular complexity index is 782. The zero-order chi connectivity index (χ0) is 20.4. The maximum absolute atomic E-state index is 12.2. The molecule has 1 atom stereocenters. The van der Waals surface area contributed by atoms with Crippen molar-refractivity contribution in [3.63, 3.8) is 0 Å². The molecule has 0 bridgehead atoms. The molecule has 2 rings (SSSR count). The largest absolute Gasteiger partial charge is 0.497 e. The van der Waals surface area contributed by atoms with Gasteiger partial charge in [0, 0.05) is 6.08 Å². The first-order valence-corrected chi connectivity index (χ1v) is 9.31. The number of nitrogens with one attached hydrogen (secondary N) is 1. The highest BCUT2D eigenvalue weighted by Gasteiger charge is 2.16. The van der Waals surface area contributed by atoms with E-state index in [-0.39, 0.29) is 18.6 Å². The van der Waals surface area contributed by atoms with E-state index in [9.17, 15) is 9.59 Å². The zero-order valence-electron chi connectivity index (χ0n) is 16.6. The number of esters is 1. The smallest absolute Gasteiger partial charge is 0.331 e. The molecule has 0 aliphatic rings. The van der Waals surface area contributed by atoms with E-state index in [0.29, 0.717) is 5.92 Å². The summed E-state index contributed by atoms with van der Waals surface area (Å²) in [6.45, 7) is 3.89. The minimum atomic E-state index is -0.564. The first-order valence-electron chi connectivity index (χ1n) is 9.31. The third-order valence-electron chi connectivity index (χ3n) is 4.12. The quantitative estimate of drug-likeness (QED) is 0.523. The molecule has 0 saturated heterocycles. The fourth-order valence-corrected chi connectivity index (χ4v) is 2.74. The molecule has 1 amide bonds. The number of carbonyl (C=O) groups excluding carboxylic acids is 2. The number of carbonyl (C=O) groups is 2. The molecule has 0 aliphatic heterocycles. The summed E-state index contributed by atoms with van der Waals surface area (Å²) in [5, 5.41) is 2.95. The highest BCUT2D eigenvalue weighted by atomic mass is 16.5. The number of benzene rings is 2. The predicted molar refractivity (Wildman–Crippen MR) is 110 cm³/mol. The van der Waals surface area contributed by atoms with Crippen LogP contribution in [-0.4, -0.2) is 25.6 Å². The minimum Gasteiger partial charge on any atom is -0.497 e. The summed E-state index contributed by atoms with van der Waals surface area (Å²) in [6.07, 6.45) is 3.74. The van der Waals surface area contributed by atoms with Crippen LogP contribution >= 0.6 is 0 Å². The van der Waals surface area contributed by atoms with Crippen LogP contribution in [0.3, 0.4) is 0 Å². The van der Waals surface area contributed by atoms with Gasteiger partial charge in [-0.2, -0.15) is 0 Å². The van der Waals surface area contributed by atoms with Crippen LogP contribution in [0, 0.1) is 5.92 Å². The molecule has 0 radical (unpaired) electrons. The second-order valence-electron chi connectivity index (χ2n) is 6.87. The molecule has 0 saturated carbocycles. The summed E-state index contributed by atoms with van der Waals surface area (Å²) in [4.78, 5) is 24.1. The van der Waals surface area contributed by atoms with Gasteiger partial charge in [0.1, 0.15) is 5.75 Å². The number of hydrogen-bond acceptors (Lipinski definition) is 4. The standard InChI is InChI=1S/C23H27NO4/c1-17(2)15-21(19-7-5-4-6-8-19)24-22(25)16-28-23(26)14-11-18-9-12-20(27-3)13-10-18/h4-14,17,21H,15-16H2,1-3H3,(H,24,25)/b14-11+/t21-/m0/s1. The van der Waals surface area contributed by atoms with Gasteiger partial charge in [0.2, 0.25) is 0 Å². The molecule has 5 heteroatoms. The van der Waals surface area contributed by atoms with Gasteiger partial charge in [0.05, 0.1) is 13.2 Å². The third-order valence-corrected chi connectivity index (χ3v) is 4.12. The number of rotatable bonds is 9. The monoisotopic (exact) mass is 381 g/mol. The molecule has 5 nitrogen and oxygen atoms in total. The van der Waals surface area contributed by atoms with E-state index < -0.39 is 5.97 Å². The average molecular weight is 381 g/mol. The maximum atomic E-state index is 12.2. The number of hydrogen-bond donors (Lipinski definition) is 1. The number of methoxy groups -OCH3 is 1. The van der Waals surface area contributed by atoms with Crippen molar-refractivity contribution in [1.29, 1.82) is 0 Å². The van der Waals surface area contributed by atoms with E-state index >= 15 is 0 Å². The lowest BCUT2D eigenvalue weighted by molar-refractivity contribution is -0.144. The zero-order valence-corrected chi connectivity index (χ0v) is 16.6. The topological polar surface area (TPSA) is 64.6 Å². The lowest BCUT2D eigenvalue weighted by Crippen LogP contribution is -2.33. The second-order valence-corrected chi connectivity index (χ2v) is 6.87. The summed E-state index contributed by atoms with van der Waals surface area (Å²) in [5.74, 6) is 0.276. The molecule has 1 N–H and O–H groups in total. The summed E-state index contributed by atoms with van der Waals surface area (Å²) < 4.78 is 10.1. The molecule has 0 fully saturated rings. The molecule has 0 aliphatic carbocycles. The van der Waals surface area contributed by atoms with Gasteiger partial charge < -0.3 is 14.8 Å². The fourth-order valence-electron chi connectivity index (χ4n) is 2.74. The van der Waals surface area contributed by atoms with Gasteiger partial charge in [-0.1, -0.05) is 56.3 Å². The normalized spacial score (nSPS) is 12.0. The summed E-state index contributed by atoms with van der Waals surface area (Å²) >= 11 is 0. The summed E-state index contributed by atoms with van der Waals surface area (Å²) in [7, 11) is 1.59. The van der Waals surface area contributed by atoms with Crippen LogP contribution in [0.25, 0.3) is 6.08 Å². The van der Waals surface area contributed by atoms with Crippen molar-refractivity contribution in [2.75, 3.05) is 13.7 Å². The van der Waals surface area contributed by atoms with E-state index in [0.717, 1.165) is 23.3 Å². The third kappa shape index (κ3) is 7.27. The van der Waals surface area contributed by atoms with E-state index in [2.05, 4.69) is 19.2 Å².